The first-order chi connectivity index (χ1) is 8.70. The second kappa shape index (κ2) is 4.74. The standard InChI is InChI=1S/C13H17N3OS/c14-9-2-4-11-12(6-9)18-13(16-11)15-7-8-1-3-10(17)5-8/h2,4,6,8,10,17H,1,3,5,7,14H2,(H,15,16). The van der Waals surface area contributed by atoms with Crippen LogP contribution in [0, 0.1) is 5.92 Å². The number of nitrogens with two attached hydrogens (primary N) is 1. The molecule has 1 saturated carbocycles. The predicted molar refractivity (Wildman–Crippen MR) is 75.9 cm³/mol. The van der Waals surface area contributed by atoms with Crippen LogP contribution in [0.5, 0.6) is 0 Å². The molecule has 0 spiro atoms. The van der Waals surface area contributed by atoms with Crippen LogP contribution in [0.3, 0.4) is 0 Å². The Hall–Kier alpha value is -1.33. The zero-order valence-electron chi connectivity index (χ0n) is 10.1. The van der Waals surface area contributed by atoms with Gasteiger partial charge in [0.2, 0.25) is 0 Å². The molecule has 3 rings (SSSR count). The lowest BCUT2D eigenvalue weighted by Gasteiger charge is -2.09. The van der Waals surface area contributed by atoms with E-state index in [1.165, 1.54) is 0 Å². The third-order valence-electron chi connectivity index (χ3n) is 3.47. The van der Waals surface area contributed by atoms with Crippen LogP contribution < -0.4 is 11.1 Å². The largest absolute Gasteiger partial charge is 0.399 e. The summed E-state index contributed by atoms with van der Waals surface area (Å²) in [6.07, 6.45) is 2.84. The number of hydrogen-bond acceptors (Lipinski definition) is 5. The Morgan fingerprint density at radius 3 is 3.11 bits per heavy atom. The second-order valence-electron chi connectivity index (χ2n) is 4.96. The van der Waals surface area contributed by atoms with Crippen LogP contribution in [-0.4, -0.2) is 22.7 Å². The minimum absolute atomic E-state index is 0.105. The van der Waals surface area contributed by atoms with Crippen LogP contribution in [-0.2, 0) is 0 Å². The van der Waals surface area contributed by atoms with Crippen LogP contribution in [0.2, 0.25) is 0 Å². The highest BCUT2D eigenvalue weighted by Crippen LogP contribution is 2.29. The molecule has 1 aliphatic rings. The zero-order valence-corrected chi connectivity index (χ0v) is 10.9. The molecule has 2 atom stereocenters. The van der Waals surface area contributed by atoms with Gasteiger partial charge in [0.15, 0.2) is 5.13 Å². The maximum Gasteiger partial charge on any atom is 0.183 e. The maximum atomic E-state index is 9.49. The average molecular weight is 263 g/mol. The number of benzene rings is 1. The van der Waals surface area contributed by atoms with Gasteiger partial charge in [-0.1, -0.05) is 11.3 Å². The van der Waals surface area contributed by atoms with Crippen molar-refractivity contribution in [1.82, 2.24) is 4.98 Å². The first-order valence-electron chi connectivity index (χ1n) is 6.29. The van der Waals surface area contributed by atoms with Gasteiger partial charge in [0.05, 0.1) is 16.3 Å². The molecule has 0 radical (unpaired) electrons. The van der Waals surface area contributed by atoms with Gasteiger partial charge < -0.3 is 16.2 Å². The van der Waals surface area contributed by atoms with Gasteiger partial charge in [-0.3, -0.25) is 0 Å². The number of rotatable bonds is 3. The van der Waals surface area contributed by atoms with E-state index >= 15 is 0 Å². The fourth-order valence-corrected chi connectivity index (χ4v) is 3.40. The summed E-state index contributed by atoms with van der Waals surface area (Å²) in [5.41, 5.74) is 7.52. The fraction of sp³-hybridized carbons (Fsp3) is 0.462. The number of aliphatic hydroxyl groups excluding tert-OH is 1. The molecule has 2 unspecified atom stereocenters. The highest BCUT2D eigenvalue weighted by atomic mass is 32.1. The summed E-state index contributed by atoms with van der Waals surface area (Å²) in [5, 5.41) is 13.8. The topological polar surface area (TPSA) is 71.2 Å². The molecule has 1 aliphatic carbocycles. The molecule has 0 bridgehead atoms. The zero-order chi connectivity index (χ0) is 12.5. The van der Waals surface area contributed by atoms with Gasteiger partial charge in [-0.25, -0.2) is 4.98 Å². The fourth-order valence-electron chi connectivity index (χ4n) is 2.48. The van der Waals surface area contributed by atoms with Crippen LogP contribution >= 0.6 is 11.3 Å². The van der Waals surface area contributed by atoms with Crippen molar-refractivity contribution in [3.8, 4) is 0 Å². The van der Waals surface area contributed by atoms with E-state index in [1.807, 2.05) is 18.2 Å². The number of hydrogen-bond donors (Lipinski definition) is 3. The summed E-state index contributed by atoms with van der Waals surface area (Å²) in [4.78, 5) is 4.52. The Morgan fingerprint density at radius 1 is 1.44 bits per heavy atom. The smallest absolute Gasteiger partial charge is 0.183 e. The van der Waals surface area contributed by atoms with Crippen molar-refractivity contribution >= 4 is 32.4 Å². The summed E-state index contributed by atoms with van der Waals surface area (Å²) >= 11 is 1.63. The van der Waals surface area contributed by atoms with Crippen molar-refractivity contribution < 1.29 is 5.11 Å². The Labute approximate surface area is 110 Å². The molecular weight excluding hydrogens is 246 g/mol. The number of nitrogens with zero attached hydrogens (tertiary/aromatic N) is 1. The van der Waals surface area contributed by atoms with Crippen molar-refractivity contribution in [3.05, 3.63) is 18.2 Å². The van der Waals surface area contributed by atoms with Crippen LogP contribution in [0.15, 0.2) is 18.2 Å². The summed E-state index contributed by atoms with van der Waals surface area (Å²) in [7, 11) is 0. The minimum Gasteiger partial charge on any atom is -0.399 e. The normalized spacial score (nSPS) is 23.6. The van der Waals surface area contributed by atoms with Crippen LogP contribution in [0.4, 0.5) is 10.8 Å². The molecule has 0 aliphatic heterocycles. The monoisotopic (exact) mass is 263 g/mol. The Kier molecular flexibility index (Phi) is 3.09. The van der Waals surface area contributed by atoms with E-state index in [4.69, 9.17) is 5.73 Å². The van der Waals surface area contributed by atoms with E-state index in [0.29, 0.717) is 5.92 Å². The third-order valence-corrected chi connectivity index (χ3v) is 4.44. The van der Waals surface area contributed by atoms with E-state index in [0.717, 1.165) is 46.8 Å². The van der Waals surface area contributed by atoms with E-state index in [1.54, 1.807) is 11.3 Å². The van der Waals surface area contributed by atoms with Crippen molar-refractivity contribution in [2.45, 2.75) is 25.4 Å². The molecule has 0 saturated heterocycles. The van der Waals surface area contributed by atoms with E-state index in [9.17, 15) is 5.11 Å². The highest BCUT2D eigenvalue weighted by molar-refractivity contribution is 7.22. The van der Waals surface area contributed by atoms with Crippen molar-refractivity contribution in [2.75, 3.05) is 17.6 Å². The number of aliphatic hydroxyl groups is 1. The average Bonchev–Trinajstić information content (AvgIpc) is 2.92. The number of fused-ring (bicyclic) bond motifs is 1. The first-order valence-corrected chi connectivity index (χ1v) is 7.10. The number of nitrogen functional groups attached to an aromatic ring is 1. The lowest BCUT2D eigenvalue weighted by Crippen LogP contribution is -2.12. The Balaban J connectivity index is 1.67. The second-order valence-corrected chi connectivity index (χ2v) is 5.99. The minimum atomic E-state index is -0.105. The molecule has 18 heavy (non-hydrogen) atoms. The van der Waals surface area contributed by atoms with Crippen LogP contribution in [0.25, 0.3) is 10.2 Å². The Morgan fingerprint density at radius 2 is 2.33 bits per heavy atom. The molecule has 0 amide bonds. The first kappa shape index (κ1) is 11.7. The van der Waals surface area contributed by atoms with E-state index < -0.39 is 0 Å². The molecule has 2 aromatic rings. The van der Waals surface area contributed by atoms with Gasteiger partial charge >= 0.3 is 0 Å². The molecule has 1 fully saturated rings. The number of thiazole rings is 1. The molecule has 1 aromatic heterocycles. The summed E-state index contributed by atoms with van der Waals surface area (Å²) in [5.74, 6) is 0.567. The lowest BCUT2D eigenvalue weighted by molar-refractivity contribution is 0.178. The van der Waals surface area contributed by atoms with Gasteiger partial charge in [-0.2, -0.15) is 0 Å². The summed E-state index contributed by atoms with van der Waals surface area (Å²) in [6, 6.07) is 5.78. The third kappa shape index (κ3) is 2.42. The number of aromatic nitrogens is 1. The predicted octanol–water partition coefficient (Wildman–Crippen LogP) is 2.45. The number of nitrogens with one attached hydrogen (secondary N) is 1. The molecule has 96 valence electrons. The molecule has 1 heterocycles. The molecule has 4 N–H and O–H groups in total. The quantitative estimate of drug-likeness (QED) is 0.744. The van der Waals surface area contributed by atoms with E-state index in [-0.39, 0.29) is 6.10 Å². The van der Waals surface area contributed by atoms with Gasteiger partial charge in [0.1, 0.15) is 0 Å². The highest BCUT2D eigenvalue weighted by Gasteiger charge is 2.22. The van der Waals surface area contributed by atoms with E-state index in [2.05, 4.69) is 10.3 Å². The summed E-state index contributed by atoms with van der Waals surface area (Å²) in [6.45, 7) is 0.895. The SMILES string of the molecule is Nc1ccc2nc(NCC3CCC(O)C3)sc2c1. The van der Waals surface area contributed by atoms with Gasteiger partial charge in [-0.05, 0) is 43.4 Å². The van der Waals surface area contributed by atoms with Crippen molar-refractivity contribution in [2.24, 2.45) is 5.92 Å². The van der Waals surface area contributed by atoms with Gasteiger partial charge in [0, 0.05) is 12.2 Å². The Bertz CT molecular complexity index is 554. The van der Waals surface area contributed by atoms with Crippen LogP contribution in [0.1, 0.15) is 19.3 Å². The van der Waals surface area contributed by atoms with Gasteiger partial charge in [0.25, 0.3) is 0 Å². The molecular formula is C13H17N3OS. The summed E-state index contributed by atoms with van der Waals surface area (Å²) < 4.78 is 1.11. The van der Waals surface area contributed by atoms with Crippen molar-refractivity contribution in [1.29, 1.82) is 0 Å². The van der Waals surface area contributed by atoms with Gasteiger partial charge in [-0.15, -0.1) is 0 Å². The van der Waals surface area contributed by atoms with Crippen molar-refractivity contribution in [3.63, 3.8) is 0 Å². The molecule has 1 aromatic carbocycles. The molecule has 5 heteroatoms. The lowest BCUT2D eigenvalue weighted by atomic mass is 10.1. The molecule has 4 nitrogen and oxygen atoms in total. The maximum absolute atomic E-state index is 9.49. The number of anilines is 2.